The number of carbonyl (C=O) groups is 2. The maximum absolute atomic E-state index is 12.8. The van der Waals surface area contributed by atoms with Crippen molar-refractivity contribution < 1.29 is 9.59 Å². The number of benzene rings is 1. The molecule has 2 amide bonds. The van der Waals surface area contributed by atoms with Crippen molar-refractivity contribution >= 4 is 22.7 Å². The van der Waals surface area contributed by atoms with Gasteiger partial charge in [-0.15, -0.1) is 0 Å². The molecule has 1 aromatic carbocycles. The summed E-state index contributed by atoms with van der Waals surface area (Å²) in [5.41, 5.74) is 4.05. The van der Waals surface area contributed by atoms with Gasteiger partial charge in [0, 0.05) is 44.2 Å². The van der Waals surface area contributed by atoms with E-state index < -0.39 is 0 Å². The zero-order valence-corrected chi connectivity index (χ0v) is 15.2. The first-order chi connectivity index (χ1) is 12.0. The Morgan fingerprint density at radius 3 is 2.48 bits per heavy atom. The van der Waals surface area contributed by atoms with Crippen LogP contribution < -0.4 is 0 Å². The zero-order valence-electron chi connectivity index (χ0n) is 15.2. The minimum absolute atomic E-state index is 0.0831. The molecule has 1 saturated heterocycles. The molecule has 3 rings (SSSR count). The van der Waals surface area contributed by atoms with Crippen molar-refractivity contribution in [3.8, 4) is 0 Å². The van der Waals surface area contributed by atoms with E-state index in [1.54, 1.807) is 6.92 Å². The van der Waals surface area contributed by atoms with Crippen molar-refractivity contribution in [1.29, 1.82) is 0 Å². The number of carbonyl (C=O) groups excluding carboxylic acids is 2. The Balaban J connectivity index is 1.79. The lowest BCUT2D eigenvalue weighted by atomic mass is 9.99. The number of amides is 2. The largest absolute Gasteiger partial charge is 0.341 e. The Bertz CT molecular complexity index is 816. The predicted molar refractivity (Wildman–Crippen MR) is 98.4 cm³/mol. The van der Waals surface area contributed by atoms with Crippen LogP contribution in [-0.2, 0) is 16.0 Å². The van der Waals surface area contributed by atoms with Gasteiger partial charge in [0.05, 0.1) is 11.9 Å². The number of nitrogens with zero attached hydrogens (tertiary/aromatic N) is 3. The monoisotopic (exact) mass is 339 g/mol. The molecule has 0 unspecified atom stereocenters. The summed E-state index contributed by atoms with van der Waals surface area (Å²) in [5, 5.41) is 1.11. The summed E-state index contributed by atoms with van der Waals surface area (Å²) >= 11 is 0. The highest BCUT2D eigenvalue weighted by Crippen LogP contribution is 2.23. The van der Waals surface area contributed by atoms with E-state index in [4.69, 9.17) is 0 Å². The summed E-state index contributed by atoms with van der Waals surface area (Å²) in [6.07, 6.45) is 1.20. The molecule has 25 heavy (non-hydrogen) atoms. The number of aryl methyl sites for hydroxylation is 2. The molecule has 0 atom stereocenters. The maximum Gasteiger partial charge on any atom is 0.227 e. The van der Waals surface area contributed by atoms with Crippen LogP contribution in [0.4, 0.5) is 0 Å². The molecule has 0 aliphatic carbocycles. The Hall–Kier alpha value is -2.43. The zero-order chi connectivity index (χ0) is 18.0. The molecule has 0 spiro atoms. The maximum atomic E-state index is 12.8. The van der Waals surface area contributed by atoms with Gasteiger partial charge in [-0.3, -0.25) is 14.6 Å². The fourth-order valence-corrected chi connectivity index (χ4v) is 3.58. The van der Waals surface area contributed by atoms with Crippen LogP contribution in [0.2, 0.25) is 0 Å². The molecular weight excluding hydrogens is 314 g/mol. The standard InChI is InChI=1S/C20H25N3O2/c1-14-17-7-4-5-8-19(17)21-15(2)18(14)13-20(25)23-10-6-9-22(11-12-23)16(3)24/h4-5,7-8H,6,9-13H2,1-3H3. The molecule has 0 N–H and O–H groups in total. The van der Waals surface area contributed by atoms with Crippen molar-refractivity contribution in [2.24, 2.45) is 0 Å². The fraction of sp³-hybridized carbons (Fsp3) is 0.450. The Kier molecular flexibility index (Phi) is 5.02. The number of fused-ring (bicyclic) bond motifs is 1. The summed E-state index contributed by atoms with van der Waals surface area (Å²) in [6.45, 7) is 8.30. The topological polar surface area (TPSA) is 53.5 Å². The van der Waals surface area contributed by atoms with Crippen LogP contribution in [0.1, 0.15) is 30.2 Å². The lowest BCUT2D eigenvalue weighted by Crippen LogP contribution is -2.37. The van der Waals surface area contributed by atoms with Gasteiger partial charge in [-0.05, 0) is 37.5 Å². The summed E-state index contributed by atoms with van der Waals surface area (Å²) in [6, 6.07) is 8.05. The highest BCUT2D eigenvalue weighted by atomic mass is 16.2. The fourth-order valence-electron chi connectivity index (χ4n) is 3.58. The summed E-state index contributed by atoms with van der Waals surface area (Å²) in [7, 11) is 0. The van der Waals surface area contributed by atoms with E-state index in [2.05, 4.69) is 18.0 Å². The molecule has 2 heterocycles. The Morgan fingerprint density at radius 2 is 1.72 bits per heavy atom. The van der Waals surface area contributed by atoms with E-state index in [1.807, 2.05) is 34.9 Å². The van der Waals surface area contributed by atoms with E-state index in [-0.39, 0.29) is 11.8 Å². The number of hydrogen-bond donors (Lipinski definition) is 0. The first-order valence-corrected chi connectivity index (χ1v) is 8.85. The SMILES string of the molecule is CC(=O)N1CCCN(C(=O)Cc2c(C)nc3ccccc3c2C)CC1. The number of pyridine rings is 1. The third-order valence-electron chi connectivity index (χ3n) is 5.11. The van der Waals surface area contributed by atoms with Crippen LogP contribution in [0.25, 0.3) is 10.9 Å². The van der Waals surface area contributed by atoms with E-state index in [0.717, 1.165) is 40.7 Å². The van der Waals surface area contributed by atoms with Crippen molar-refractivity contribution in [2.75, 3.05) is 26.2 Å². The second-order valence-electron chi connectivity index (χ2n) is 6.74. The Labute approximate surface area is 148 Å². The predicted octanol–water partition coefficient (Wildman–Crippen LogP) is 2.47. The lowest BCUT2D eigenvalue weighted by molar-refractivity contribution is -0.132. The van der Waals surface area contributed by atoms with Gasteiger partial charge >= 0.3 is 0 Å². The van der Waals surface area contributed by atoms with Gasteiger partial charge in [-0.1, -0.05) is 18.2 Å². The smallest absolute Gasteiger partial charge is 0.227 e. The summed E-state index contributed by atoms with van der Waals surface area (Å²) < 4.78 is 0. The van der Waals surface area contributed by atoms with Gasteiger partial charge < -0.3 is 9.80 Å². The first kappa shape index (κ1) is 17.4. The van der Waals surface area contributed by atoms with Crippen LogP contribution in [-0.4, -0.2) is 52.8 Å². The molecule has 132 valence electrons. The molecule has 5 heteroatoms. The second-order valence-corrected chi connectivity index (χ2v) is 6.74. The minimum Gasteiger partial charge on any atom is -0.341 e. The molecule has 0 saturated carbocycles. The van der Waals surface area contributed by atoms with Gasteiger partial charge in [0.25, 0.3) is 0 Å². The van der Waals surface area contributed by atoms with E-state index in [1.165, 1.54) is 0 Å². The highest BCUT2D eigenvalue weighted by Gasteiger charge is 2.22. The van der Waals surface area contributed by atoms with Crippen molar-refractivity contribution in [1.82, 2.24) is 14.8 Å². The van der Waals surface area contributed by atoms with Crippen LogP contribution >= 0.6 is 0 Å². The van der Waals surface area contributed by atoms with E-state index in [9.17, 15) is 9.59 Å². The Morgan fingerprint density at radius 1 is 1.04 bits per heavy atom. The molecular formula is C20H25N3O2. The average Bonchev–Trinajstić information content (AvgIpc) is 2.85. The van der Waals surface area contributed by atoms with Gasteiger partial charge in [-0.25, -0.2) is 0 Å². The molecule has 1 aromatic heterocycles. The van der Waals surface area contributed by atoms with Crippen molar-refractivity contribution in [3.63, 3.8) is 0 Å². The number of aromatic nitrogens is 1. The van der Waals surface area contributed by atoms with Gasteiger partial charge in [0.15, 0.2) is 0 Å². The highest BCUT2D eigenvalue weighted by molar-refractivity contribution is 5.86. The second kappa shape index (κ2) is 7.21. The molecule has 5 nitrogen and oxygen atoms in total. The van der Waals surface area contributed by atoms with Gasteiger partial charge in [-0.2, -0.15) is 0 Å². The van der Waals surface area contributed by atoms with Crippen molar-refractivity contribution in [2.45, 2.75) is 33.6 Å². The molecule has 0 bridgehead atoms. The van der Waals surface area contributed by atoms with Crippen LogP contribution in [0, 0.1) is 13.8 Å². The van der Waals surface area contributed by atoms with Gasteiger partial charge in [0.2, 0.25) is 11.8 Å². The summed E-state index contributed by atoms with van der Waals surface area (Å²) in [4.78, 5) is 32.8. The minimum atomic E-state index is 0.0831. The number of para-hydroxylation sites is 1. The molecule has 0 radical (unpaired) electrons. The third kappa shape index (κ3) is 3.65. The third-order valence-corrected chi connectivity index (χ3v) is 5.11. The lowest BCUT2D eigenvalue weighted by Gasteiger charge is -2.22. The van der Waals surface area contributed by atoms with Crippen LogP contribution in [0.15, 0.2) is 24.3 Å². The number of hydrogen-bond acceptors (Lipinski definition) is 3. The summed E-state index contributed by atoms with van der Waals surface area (Å²) in [5.74, 6) is 0.202. The quantitative estimate of drug-likeness (QED) is 0.845. The van der Waals surface area contributed by atoms with E-state index >= 15 is 0 Å². The normalized spacial score (nSPS) is 15.3. The van der Waals surface area contributed by atoms with Crippen molar-refractivity contribution in [3.05, 3.63) is 41.1 Å². The first-order valence-electron chi connectivity index (χ1n) is 8.85. The number of rotatable bonds is 2. The van der Waals surface area contributed by atoms with E-state index in [0.29, 0.717) is 26.1 Å². The molecule has 1 aliphatic rings. The van der Waals surface area contributed by atoms with Crippen LogP contribution in [0.3, 0.4) is 0 Å². The van der Waals surface area contributed by atoms with Gasteiger partial charge in [0.1, 0.15) is 0 Å². The molecule has 1 aliphatic heterocycles. The van der Waals surface area contributed by atoms with Crippen LogP contribution in [0.5, 0.6) is 0 Å². The average molecular weight is 339 g/mol. The molecule has 1 fully saturated rings. The molecule has 2 aromatic rings.